The van der Waals surface area contributed by atoms with E-state index in [0.717, 1.165) is 12.2 Å². The third-order valence-electron chi connectivity index (χ3n) is 2.38. The summed E-state index contributed by atoms with van der Waals surface area (Å²) in [4.78, 5) is 11.8. The smallest absolute Gasteiger partial charge is 0.291 e. The van der Waals surface area contributed by atoms with E-state index in [9.17, 15) is 4.79 Å². The highest BCUT2D eigenvalue weighted by molar-refractivity contribution is 6.29. The first-order valence-corrected chi connectivity index (χ1v) is 6.36. The Morgan fingerprint density at radius 2 is 2.00 bits per heavy atom. The van der Waals surface area contributed by atoms with E-state index in [1.54, 1.807) is 24.3 Å². The lowest BCUT2D eigenvalue weighted by Crippen LogP contribution is -2.10. The summed E-state index contributed by atoms with van der Waals surface area (Å²) >= 11 is 5.61. The molecule has 0 fully saturated rings. The van der Waals surface area contributed by atoms with Gasteiger partial charge in [0, 0.05) is 5.69 Å². The predicted octanol–water partition coefficient (Wildman–Crippen LogP) is 3.97. The molecule has 100 valence electrons. The van der Waals surface area contributed by atoms with Crippen LogP contribution in [0, 0.1) is 0 Å². The molecular weight excluding hydrogens is 266 g/mol. The van der Waals surface area contributed by atoms with Crippen LogP contribution in [-0.2, 0) is 0 Å². The minimum Gasteiger partial charge on any atom is -0.494 e. The van der Waals surface area contributed by atoms with E-state index < -0.39 is 0 Å². The number of ether oxygens (including phenoxy) is 1. The molecule has 1 aromatic heterocycles. The lowest BCUT2D eigenvalue weighted by atomic mass is 10.3. The minimum absolute atomic E-state index is 0.177. The first-order chi connectivity index (χ1) is 9.19. The van der Waals surface area contributed by atoms with E-state index in [-0.39, 0.29) is 16.9 Å². The van der Waals surface area contributed by atoms with Crippen LogP contribution in [0.4, 0.5) is 5.69 Å². The molecule has 0 unspecified atom stereocenters. The fraction of sp³-hybridized carbons (Fsp3) is 0.214. The monoisotopic (exact) mass is 279 g/mol. The number of furan rings is 1. The van der Waals surface area contributed by atoms with E-state index in [1.165, 1.54) is 12.1 Å². The van der Waals surface area contributed by atoms with Crippen LogP contribution in [-0.4, -0.2) is 12.5 Å². The van der Waals surface area contributed by atoms with Crippen molar-refractivity contribution in [1.82, 2.24) is 0 Å². The van der Waals surface area contributed by atoms with Crippen molar-refractivity contribution >= 4 is 23.2 Å². The number of halogens is 1. The number of hydrogen-bond donors (Lipinski definition) is 1. The second-order valence-electron chi connectivity index (χ2n) is 3.93. The second-order valence-corrected chi connectivity index (χ2v) is 4.30. The van der Waals surface area contributed by atoms with E-state index in [1.807, 2.05) is 6.92 Å². The van der Waals surface area contributed by atoms with Gasteiger partial charge < -0.3 is 14.5 Å². The standard InChI is InChI=1S/C14H14ClNO3/c1-2-9-18-11-5-3-10(4-6-11)16-14(17)12-7-8-13(15)19-12/h3-8H,2,9H2,1H3,(H,16,17). The number of benzene rings is 1. The molecule has 0 aliphatic rings. The molecule has 0 saturated carbocycles. The van der Waals surface area contributed by atoms with Gasteiger partial charge in [-0.1, -0.05) is 6.92 Å². The molecule has 0 aliphatic carbocycles. The van der Waals surface area contributed by atoms with Crippen LogP contribution in [0.1, 0.15) is 23.9 Å². The lowest BCUT2D eigenvalue weighted by molar-refractivity contribution is 0.0997. The Hall–Kier alpha value is -1.94. The molecule has 0 bridgehead atoms. The maximum absolute atomic E-state index is 11.8. The van der Waals surface area contributed by atoms with Crippen LogP contribution in [0.5, 0.6) is 5.75 Å². The molecule has 2 aromatic rings. The van der Waals surface area contributed by atoms with Crippen LogP contribution in [0.25, 0.3) is 0 Å². The Morgan fingerprint density at radius 1 is 1.26 bits per heavy atom. The SMILES string of the molecule is CCCOc1ccc(NC(=O)c2ccc(Cl)o2)cc1. The zero-order valence-corrected chi connectivity index (χ0v) is 11.2. The highest BCUT2D eigenvalue weighted by Gasteiger charge is 2.10. The van der Waals surface area contributed by atoms with Gasteiger partial charge in [0.15, 0.2) is 11.0 Å². The number of hydrogen-bond acceptors (Lipinski definition) is 3. The van der Waals surface area contributed by atoms with E-state index >= 15 is 0 Å². The molecule has 2 rings (SSSR count). The van der Waals surface area contributed by atoms with Gasteiger partial charge in [-0.3, -0.25) is 4.79 Å². The van der Waals surface area contributed by atoms with E-state index in [0.29, 0.717) is 12.3 Å². The number of rotatable bonds is 5. The Balaban J connectivity index is 1.97. The fourth-order valence-electron chi connectivity index (χ4n) is 1.48. The topological polar surface area (TPSA) is 51.5 Å². The van der Waals surface area contributed by atoms with Gasteiger partial charge in [-0.15, -0.1) is 0 Å². The highest BCUT2D eigenvalue weighted by Crippen LogP contribution is 2.18. The summed E-state index contributed by atoms with van der Waals surface area (Å²) in [7, 11) is 0. The van der Waals surface area contributed by atoms with E-state index in [2.05, 4.69) is 5.32 Å². The van der Waals surface area contributed by atoms with Crippen molar-refractivity contribution in [3.05, 3.63) is 47.4 Å². The molecule has 0 saturated heterocycles. The number of carbonyl (C=O) groups is 1. The van der Waals surface area contributed by atoms with Crippen molar-refractivity contribution < 1.29 is 13.9 Å². The number of anilines is 1. The van der Waals surface area contributed by atoms with Crippen LogP contribution >= 0.6 is 11.6 Å². The zero-order chi connectivity index (χ0) is 13.7. The summed E-state index contributed by atoms with van der Waals surface area (Å²) in [5.74, 6) is 0.617. The third-order valence-corrected chi connectivity index (χ3v) is 2.59. The normalized spacial score (nSPS) is 10.2. The Kier molecular flexibility index (Phi) is 4.47. The summed E-state index contributed by atoms with van der Waals surface area (Å²) in [6.45, 7) is 2.72. The Labute approximate surface area is 116 Å². The van der Waals surface area contributed by atoms with Crippen molar-refractivity contribution in [3.63, 3.8) is 0 Å². The molecule has 1 N–H and O–H groups in total. The Morgan fingerprint density at radius 3 is 2.58 bits per heavy atom. The first-order valence-electron chi connectivity index (χ1n) is 5.98. The number of nitrogens with one attached hydrogen (secondary N) is 1. The molecular formula is C14H14ClNO3. The van der Waals surface area contributed by atoms with Crippen molar-refractivity contribution in [2.75, 3.05) is 11.9 Å². The average molecular weight is 280 g/mol. The van der Waals surface area contributed by atoms with Crippen LogP contribution in [0.3, 0.4) is 0 Å². The molecule has 1 heterocycles. The van der Waals surface area contributed by atoms with Gasteiger partial charge in [0.2, 0.25) is 0 Å². The van der Waals surface area contributed by atoms with Crippen molar-refractivity contribution in [2.45, 2.75) is 13.3 Å². The first kappa shape index (κ1) is 13.5. The van der Waals surface area contributed by atoms with Crippen LogP contribution in [0.15, 0.2) is 40.8 Å². The van der Waals surface area contributed by atoms with Gasteiger partial charge in [0.05, 0.1) is 6.61 Å². The maximum atomic E-state index is 11.8. The zero-order valence-electron chi connectivity index (χ0n) is 10.5. The molecule has 0 aliphatic heterocycles. The molecule has 4 nitrogen and oxygen atoms in total. The largest absolute Gasteiger partial charge is 0.494 e. The lowest BCUT2D eigenvalue weighted by Gasteiger charge is -2.06. The van der Waals surface area contributed by atoms with Gasteiger partial charge in [0.25, 0.3) is 5.91 Å². The molecule has 1 amide bonds. The van der Waals surface area contributed by atoms with Gasteiger partial charge in [-0.2, -0.15) is 0 Å². The molecule has 1 aromatic carbocycles. The van der Waals surface area contributed by atoms with Crippen molar-refractivity contribution in [3.8, 4) is 5.75 Å². The van der Waals surface area contributed by atoms with Gasteiger partial charge in [-0.25, -0.2) is 0 Å². The summed E-state index contributed by atoms with van der Waals surface area (Å²) < 4.78 is 10.5. The summed E-state index contributed by atoms with van der Waals surface area (Å²) in [6, 6.07) is 10.2. The highest BCUT2D eigenvalue weighted by atomic mass is 35.5. The van der Waals surface area contributed by atoms with Gasteiger partial charge >= 0.3 is 0 Å². The van der Waals surface area contributed by atoms with E-state index in [4.69, 9.17) is 20.8 Å². The third kappa shape index (κ3) is 3.76. The fourth-order valence-corrected chi connectivity index (χ4v) is 1.63. The quantitative estimate of drug-likeness (QED) is 0.901. The minimum atomic E-state index is -0.339. The van der Waals surface area contributed by atoms with Crippen molar-refractivity contribution in [1.29, 1.82) is 0 Å². The Bertz CT molecular complexity index is 548. The molecule has 0 radical (unpaired) electrons. The summed E-state index contributed by atoms with van der Waals surface area (Å²) in [5.41, 5.74) is 0.668. The second kappa shape index (κ2) is 6.29. The summed E-state index contributed by atoms with van der Waals surface area (Å²) in [5, 5.41) is 2.90. The van der Waals surface area contributed by atoms with Crippen molar-refractivity contribution in [2.24, 2.45) is 0 Å². The number of amides is 1. The number of carbonyl (C=O) groups excluding carboxylic acids is 1. The van der Waals surface area contributed by atoms with Crippen LogP contribution in [0.2, 0.25) is 5.22 Å². The molecule has 0 atom stereocenters. The average Bonchev–Trinajstić information content (AvgIpc) is 2.85. The van der Waals surface area contributed by atoms with Crippen LogP contribution < -0.4 is 10.1 Å². The predicted molar refractivity (Wildman–Crippen MR) is 73.9 cm³/mol. The van der Waals surface area contributed by atoms with Gasteiger partial charge in [-0.05, 0) is 54.4 Å². The maximum Gasteiger partial charge on any atom is 0.291 e. The molecule has 19 heavy (non-hydrogen) atoms. The summed E-state index contributed by atoms with van der Waals surface area (Å²) in [6.07, 6.45) is 0.956. The molecule has 0 spiro atoms. The molecule has 5 heteroatoms. The van der Waals surface area contributed by atoms with Gasteiger partial charge in [0.1, 0.15) is 5.75 Å².